The summed E-state index contributed by atoms with van der Waals surface area (Å²) >= 11 is 0. The Morgan fingerprint density at radius 1 is 1.07 bits per heavy atom. The lowest BCUT2D eigenvalue weighted by atomic mass is 10.3. The van der Waals surface area contributed by atoms with E-state index in [2.05, 4.69) is 4.72 Å². The number of sulfonamides is 1. The summed E-state index contributed by atoms with van der Waals surface area (Å²) in [5.74, 6) is 1.42. The van der Waals surface area contributed by atoms with Gasteiger partial charge in [-0.15, -0.1) is 0 Å². The lowest BCUT2D eigenvalue weighted by molar-refractivity contribution is -0.117. The van der Waals surface area contributed by atoms with Gasteiger partial charge >= 0.3 is 0 Å². The Hall–Kier alpha value is -2.58. The van der Waals surface area contributed by atoms with E-state index in [1.54, 1.807) is 55.3 Å². The van der Waals surface area contributed by atoms with E-state index in [0.717, 1.165) is 17.9 Å². The quantitative estimate of drug-likeness (QED) is 0.731. The Kier molecular flexibility index (Phi) is 6.21. The van der Waals surface area contributed by atoms with E-state index < -0.39 is 16.1 Å². The van der Waals surface area contributed by atoms with Crippen LogP contribution in [0.5, 0.6) is 11.5 Å². The number of nitrogens with one attached hydrogen (secondary N) is 1. The molecule has 7 nitrogen and oxygen atoms in total. The summed E-state index contributed by atoms with van der Waals surface area (Å²) in [4.78, 5) is 13.6. The number of rotatable bonds is 8. The van der Waals surface area contributed by atoms with Crippen LogP contribution in [0.15, 0.2) is 53.4 Å². The molecule has 1 atom stereocenters. The second-order valence-corrected chi connectivity index (χ2v) is 8.37. The van der Waals surface area contributed by atoms with Crippen LogP contribution in [0, 0.1) is 0 Å². The maximum Gasteiger partial charge on any atom is 0.240 e. The molecule has 2 aromatic rings. The van der Waals surface area contributed by atoms with E-state index in [9.17, 15) is 13.2 Å². The van der Waals surface area contributed by atoms with Crippen molar-refractivity contribution in [3.63, 3.8) is 0 Å². The van der Waals surface area contributed by atoms with Crippen LogP contribution in [0.1, 0.15) is 19.8 Å². The first-order chi connectivity index (χ1) is 13.4. The minimum Gasteiger partial charge on any atom is -0.497 e. The van der Waals surface area contributed by atoms with Gasteiger partial charge in [0.2, 0.25) is 15.9 Å². The smallest absolute Gasteiger partial charge is 0.240 e. The SMILES string of the molecule is COc1ccc(OC[C@H](C)NS(=O)(=O)c2ccc(N3CCCC3=O)cc2)cc1. The molecule has 0 bridgehead atoms. The van der Waals surface area contributed by atoms with Gasteiger partial charge < -0.3 is 14.4 Å². The van der Waals surface area contributed by atoms with E-state index in [-0.39, 0.29) is 17.4 Å². The molecule has 0 aliphatic carbocycles. The molecule has 0 radical (unpaired) electrons. The van der Waals surface area contributed by atoms with E-state index in [0.29, 0.717) is 18.7 Å². The summed E-state index contributed by atoms with van der Waals surface area (Å²) in [6, 6.07) is 13.0. The van der Waals surface area contributed by atoms with Crippen molar-refractivity contribution >= 4 is 21.6 Å². The van der Waals surface area contributed by atoms with Crippen molar-refractivity contribution in [3.8, 4) is 11.5 Å². The molecule has 0 aromatic heterocycles. The van der Waals surface area contributed by atoms with Crippen molar-refractivity contribution in [2.75, 3.05) is 25.2 Å². The van der Waals surface area contributed by atoms with Gasteiger partial charge in [-0.05, 0) is 61.9 Å². The van der Waals surface area contributed by atoms with Gasteiger partial charge in [-0.25, -0.2) is 13.1 Å². The zero-order valence-electron chi connectivity index (χ0n) is 15.9. The molecular formula is C20H24N2O5S. The van der Waals surface area contributed by atoms with Crippen molar-refractivity contribution in [2.45, 2.75) is 30.7 Å². The van der Waals surface area contributed by atoms with Gasteiger partial charge in [-0.2, -0.15) is 0 Å². The van der Waals surface area contributed by atoms with Crippen molar-refractivity contribution < 1.29 is 22.7 Å². The topological polar surface area (TPSA) is 84.9 Å². The maximum absolute atomic E-state index is 12.6. The highest BCUT2D eigenvalue weighted by atomic mass is 32.2. The number of benzene rings is 2. The van der Waals surface area contributed by atoms with Crippen molar-refractivity contribution in [3.05, 3.63) is 48.5 Å². The zero-order chi connectivity index (χ0) is 20.1. The van der Waals surface area contributed by atoms with E-state index >= 15 is 0 Å². The van der Waals surface area contributed by atoms with Gasteiger partial charge in [0.15, 0.2) is 0 Å². The fraction of sp³-hybridized carbons (Fsp3) is 0.350. The number of nitrogens with zero attached hydrogens (tertiary/aromatic N) is 1. The first-order valence-corrected chi connectivity index (χ1v) is 10.6. The summed E-state index contributed by atoms with van der Waals surface area (Å²) in [5.41, 5.74) is 0.720. The molecule has 1 aliphatic heterocycles. The summed E-state index contributed by atoms with van der Waals surface area (Å²) in [6.07, 6.45) is 1.36. The van der Waals surface area contributed by atoms with Crippen LogP contribution in [-0.4, -0.2) is 40.6 Å². The fourth-order valence-electron chi connectivity index (χ4n) is 2.99. The highest BCUT2D eigenvalue weighted by Crippen LogP contribution is 2.23. The monoisotopic (exact) mass is 404 g/mol. The molecule has 1 saturated heterocycles. The van der Waals surface area contributed by atoms with Gasteiger partial charge in [0.1, 0.15) is 18.1 Å². The van der Waals surface area contributed by atoms with Crippen LogP contribution in [-0.2, 0) is 14.8 Å². The number of amides is 1. The average Bonchev–Trinajstić information content (AvgIpc) is 3.12. The third-order valence-electron chi connectivity index (χ3n) is 4.45. The van der Waals surface area contributed by atoms with Crippen LogP contribution in [0.4, 0.5) is 5.69 Å². The minimum atomic E-state index is -3.68. The number of carbonyl (C=O) groups excluding carboxylic acids is 1. The first kappa shape index (κ1) is 20.2. The summed E-state index contributed by atoms with van der Waals surface area (Å²) in [6.45, 7) is 2.59. The molecule has 2 aromatic carbocycles. The summed E-state index contributed by atoms with van der Waals surface area (Å²) < 4.78 is 38.5. The number of hydrogen-bond donors (Lipinski definition) is 1. The van der Waals surface area contributed by atoms with Crippen LogP contribution in [0.25, 0.3) is 0 Å². The Balaban J connectivity index is 1.58. The van der Waals surface area contributed by atoms with Crippen LogP contribution in [0.2, 0.25) is 0 Å². The average molecular weight is 404 g/mol. The second kappa shape index (κ2) is 8.62. The number of methoxy groups -OCH3 is 1. The number of hydrogen-bond acceptors (Lipinski definition) is 5. The molecule has 0 unspecified atom stereocenters. The van der Waals surface area contributed by atoms with Crippen molar-refractivity contribution in [1.29, 1.82) is 0 Å². The third-order valence-corrected chi connectivity index (χ3v) is 6.05. The van der Waals surface area contributed by atoms with Gasteiger partial charge in [-0.3, -0.25) is 4.79 Å². The molecule has 0 spiro atoms. The molecule has 8 heteroatoms. The largest absolute Gasteiger partial charge is 0.497 e. The van der Waals surface area contributed by atoms with Gasteiger partial charge in [0, 0.05) is 18.7 Å². The van der Waals surface area contributed by atoms with Crippen molar-refractivity contribution in [1.82, 2.24) is 4.72 Å². The molecule has 1 aliphatic rings. The molecule has 150 valence electrons. The fourth-order valence-corrected chi connectivity index (χ4v) is 4.21. The van der Waals surface area contributed by atoms with Crippen LogP contribution >= 0.6 is 0 Å². The standard InChI is InChI=1S/C20H24N2O5S/c1-15(14-27-18-9-7-17(26-2)8-10-18)21-28(24,25)19-11-5-16(6-12-19)22-13-3-4-20(22)23/h5-12,15,21H,3-4,13-14H2,1-2H3/t15-/m0/s1. The lowest BCUT2D eigenvalue weighted by Gasteiger charge is -2.17. The Bertz CT molecular complexity index is 911. The normalized spacial score (nSPS) is 15.5. The van der Waals surface area contributed by atoms with Crippen LogP contribution < -0.4 is 19.1 Å². The molecule has 0 saturated carbocycles. The molecule has 1 amide bonds. The Labute approximate surface area is 165 Å². The van der Waals surface area contributed by atoms with E-state index in [1.807, 2.05) is 0 Å². The number of ether oxygens (including phenoxy) is 2. The molecule has 28 heavy (non-hydrogen) atoms. The molecule has 1 N–H and O–H groups in total. The minimum absolute atomic E-state index is 0.0676. The Morgan fingerprint density at radius 3 is 2.29 bits per heavy atom. The Morgan fingerprint density at radius 2 is 1.71 bits per heavy atom. The number of carbonyl (C=O) groups is 1. The molecular weight excluding hydrogens is 380 g/mol. The summed E-state index contributed by atoms with van der Waals surface area (Å²) in [7, 11) is -2.10. The van der Waals surface area contributed by atoms with E-state index in [1.165, 1.54) is 12.1 Å². The lowest BCUT2D eigenvalue weighted by Crippen LogP contribution is -2.36. The van der Waals surface area contributed by atoms with Crippen LogP contribution in [0.3, 0.4) is 0 Å². The van der Waals surface area contributed by atoms with Crippen molar-refractivity contribution in [2.24, 2.45) is 0 Å². The second-order valence-electron chi connectivity index (χ2n) is 6.65. The van der Waals surface area contributed by atoms with Gasteiger partial charge in [0.25, 0.3) is 0 Å². The predicted molar refractivity (Wildman–Crippen MR) is 106 cm³/mol. The first-order valence-electron chi connectivity index (χ1n) is 9.08. The molecule has 3 rings (SSSR count). The zero-order valence-corrected chi connectivity index (χ0v) is 16.7. The highest BCUT2D eigenvalue weighted by Gasteiger charge is 2.23. The maximum atomic E-state index is 12.6. The number of anilines is 1. The predicted octanol–water partition coefficient (Wildman–Crippen LogP) is 2.57. The third kappa shape index (κ3) is 4.82. The molecule has 1 heterocycles. The summed E-state index contributed by atoms with van der Waals surface area (Å²) in [5, 5.41) is 0. The van der Waals surface area contributed by atoms with E-state index in [4.69, 9.17) is 9.47 Å². The van der Waals surface area contributed by atoms with Gasteiger partial charge in [-0.1, -0.05) is 0 Å². The molecule has 1 fully saturated rings. The highest BCUT2D eigenvalue weighted by molar-refractivity contribution is 7.89. The van der Waals surface area contributed by atoms with Gasteiger partial charge in [0.05, 0.1) is 18.0 Å².